The fraction of sp³-hybridized carbons (Fsp3) is 0.517. The molecule has 5 heteroatoms. The summed E-state index contributed by atoms with van der Waals surface area (Å²) in [6.07, 6.45) is 3.41. The summed E-state index contributed by atoms with van der Waals surface area (Å²) < 4.78 is 0. The minimum absolute atomic E-state index is 0.0638. The van der Waals surface area contributed by atoms with E-state index in [0.717, 1.165) is 32.5 Å². The molecule has 2 aliphatic rings. The van der Waals surface area contributed by atoms with Crippen LogP contribution in [0.1, 0.15) is 49.6 Å². The number of aromatic amines is 1. The number of benzene rings is 2. The molecule has 5 rings (SSSR count). The number of hydrogen-bond donors (Lipinski definition) is 2. The highest BCUT2D eigenvalue weighted by atomic mass is 15.3. The lowest BCUT2D eigenvalue weighted by Crippen LogP contribution is -2.48. The Labute approximate surface area is 204 Å². The van der Waals surface area contributed by atoms with E-state index in [-0.39, 0.29) is 5.54 Å². The van der Waals surface area contributed by atoms with E-state index in [1.165, 1.54) is 66.9 Å². The molecule has 2 aliphatic heterocycles. The molecule has 0 amide bonds. The van der Waals surface area contributed by atoms with Crippen LogP contribution in [0.4, 0.5) is 0 Å². The molecular weight excluding hydrogens is 418 g/mol. The molecule has 3 heterocycles. The van der Waals surface area contributed by atoms with Crippen molar-refractivity contribution in [1.29, 1.82) is 0 Å². The van der Waals surface area contributed by atoms with Gasteiger partial charge in [-0.2, -0.15) is 0 Å². The van der Waals surface area contributed by atoms with Crippen LogP contribution in [0.5, 0.6) is 0 Å². The average Bonchev–Trinajstić information content (AvgIpc) is 3.22. The van der Waals surface area contributed by atoms with Crippen LogP contribution in [0.25, 0.3) is 10.9 Å². The van der Waals surface area contributed by atoms with Crippen molar-refractivity contribution in [2.24, 2.45) is 5.73 Å². The van der Waals surface area contributed by atoms with Crippen LogP contribution in [0.3, 0.4) is 0 Å². The Morgan fingerprint density at radius 1 is 0.853 bits per heavy atom. The maximum Gasteiger partial charge on any atom is 0.0757 e. The topological polar surface area (TPSA) is 51.5 Å². The van der Waals surface area contributed by atoms with Crippen LogP contribution in [-0.2, 0) is 6.42 Å². The van der Waals surface area contributed by atoms with Crippen molar-refractivity contribution in [2.45, 2.75) is 44.7 Å². The molecule has 0 radical (unpaired) electrons. The van der Waals surface area contributed by atoms with Crippen LogP contribution in [0.15, 0.2) is 54.6 Å². The largest absolute Gasteiger partial charge is 0.357 e. The van der Waals surface area contributed by atoms with Gasteiger partial charge in [0.1, 0.15) is 0 Å². The van der Waals surface area contributed by atoms with E-state index in [1.807, 2.05) is 0 Å². The minimum atomic E-state index is -0.0638. The van der Waals surface area contributed by atoms with E-state index in [2.05, 4.69) is 88.1 Å². The van der Waals surface area contributed by atoms with Crippen LogP contribution in [0.2, 0.25) is 0 Å². The zero-order valence-electron chi connectivity index (χ0n) is 21.0. The Bertz CT molecular complexity index is 1060. The van der Waals surface area contributed by atoms with Crippen LogP contribution in [-0.4, -0.2) is 77.6 Å². The summed E-state index contributed by atoms with van der Waals surface area (Å²) in [5, 5.41) is 1.40. The number of piperazine rings is 1. The molecule has 0 spiro atoms. The van der Waals surface area contributed by atoms with Gasteiger partial charge in [-0.05, 0) is 63.4 Å². The van der Waals surface area contributed by atoms with Gasteiger partial charge >= 0.3 is 0 Å². The third-order valence-electron chi connectivity index (χ3n) is 7.71. The Balaban J connectivity index is 1.21. The number of rotatable bonds is 8. The molecule has 3 aromatic rings. The van der Waals surface area contributed by atoms with Crippen molar-refractivity contribution >= 4 is 10.9 Å². The van der Waals surface area contributed by atoms with Gasteiger partial charge in [0.15, 0.2) is 0 Å². The average molecular weight is 460 g/mol. The lowest BCUT2D eigenvalue weighted by Gasteiger charge is -2.38. The van der Waals surface area contributed by atoms with E-state index >= 15 is 0 Å². The first kappa shape index (κ1) is 23.6. The second-order valence-corrected chi connectivity index (χ2v) is 10.9. The highest BCUT2D eigenvalue weighted by Gasteiger charge is 2.31. The second kappa shape index (κ2) is 10.2. The third kappa shape index (κ3) is 5.38. The van der Waals surface area contributed by atoms with Gasteiger partial charge in [0.25, 0.3) is 0 Å². The molecule has 3 N–H and O–H groups in total. The van der Waals surface area contributed by atoms with E-state index in [4.69, 9.17) is 5.73 Å². The summed E-state index contributed by atoms with van der Waals surface area (Å²) in [6, 6.07) is 20.2. The smallest absolute Gasteiger partial charge is 0.0757 e. The zero-order valence-corrected chi connectivity index (χ0v) is 21.0. The molecule has 0 bridgehead atoms. The van der Waals surface area contributed by atoms with E-state index in [0.29, 0.717) is 6.04 Å². The van der Waals surface area contributed by atoms with E-state index in [9.17, 15) is 0 Å². The maximum absolute atomic E-state index is 6.18. The predicted octanol–water partition coefficient (Wildman–Crippen LogP) is 4.25. The molecule has 5 nitrogen and oxygen atoms in total. The molecule has 1 aromatic heterocycles. The van der Waals surface area contributed by atoms with E-state index in [1.54, 1.807) is 0 Å². The molecule has 1 atom stereocenters. The Morgan fingerprint density at radius 3 is 2.26 bits per heavy atom. The van der Waals surface area contributed by atoms with Gasteiger partial charge in [0.05, 0.1) is 6.04 Å². The molecule has 1 unspecified atom stereocenters. The first-order chi connectivity index (χ1) is 16.5. The first-order valence-corrected chi connectivity index (χ1v) is 13.1. The van der Waals surface area contributed by atoms with E-state index < -0.39 is 0 Å². The maximum atomic E-state index is 6.18. The van der Waals surface area contributed by atoms with Crippen molar-refractivity contribution in [3.63, 3.8) is 0 Å². The molecule has 34 heavy (non-hydrogen) atoms. The predicted molar refractivity (Wildman–Crippen MR) is 142 cm³/mol. The standard InChI is InChI=1S/C29H41N5/c1-29(2,30)14-18-33-21-19-32(20-22-33)15-8-16-34-17-13-25-24-11-6-7-12-26(24)31-27(25)28(34)23-9-4-3-5-10-23/h3-7,9-12,28,31H,8,13-22,30H2,1-2H3. The van der Waals surface area contributed by atoms with Gasteiger partial charge in [0.2, 0.25) is 0 Å². The van der Waals surface area contributed by atoms with Crippen molar-refractivity contribution in [1.82, 2.24) is 19.7 Å². The number of nitrogens with zero attached hydrogens (tertiary/aromatic N) is 3. The molecule has 1 saturated heterocycles. The second-order valence-electron chi connectivity index (χ2n) is 10.9. The van der Waals surface area contributed by atoms with Crippen LogP contribution >= 0.6 is 0 Å². The number of para-hydroxylation sites is 1. The van der Waals surface area contributed by atoms with Gasteiger partial charge in [0, 0.05) is 61.4 Å². The molecule has 0 aliphatic carbocycles. The molecule has 2 aromatic carbocycles. The Morgan fingerprint density at radius 2 is 1.53 bits per heavy atom. The quantitative estimate of drug-likeness (QED) is 0.529. The van der Waals surface area contributed by atoms with Crippen molar-refractivity contribution in [3.05, 3.63) is 71.4 Å². The normalized spacial score (nSPS) is 20.6. The fourth-order valence-electron chi connectivity index (χ4n) is 5.72. The molecular formula is C29H41N5. The van der Waals surface area contributed by atoms with Gasteiger partial charge in [-0.25, -0.2) is 0 Å². The number of fused-ring (bicyclic) bond motifs is 3. The highest BCUT2D eigenvalue weighted by Crippen LogP contribution is 2.38. The van der Waals surface area contributed by atoms with Gasteiger partial charge in [-0.15, -0.1) is 0 Å². The van der Waals surface area contributed by atoms with Gasteiger partial charge < -0.3 is 20.5 Å². The van der Waals surface area contributed by atoms with Crippen LogP contribution in [0, 0.1) is 0 Å². The van der Waals surface area contributed by atoms with Gasteiger partial charge in [-0.1, -0.05) is 48.5 Å². The summed E-state index contributed by atoms with van der Waals surface area (Å²) in [5.74, 6) is 0. The van der Waals surface area contributed by atoms with Gasteiger partial charge in [-0.3, -0.25) is 4.90 Å². The number of hydrogen-bond acceptors (Lipinski definition) is 4. The zero-order chi connectivity index (χ0) is 23.5. The SMILES string of the molecule is CC(C)(N)CCN1CCN(CCCN2CCc3c([nH]c4ccccc34)C2c2ccccc2)CC1. The van der Waals surface area contributed by atoms with Crippen molar-refractivity contribution < 1.29 is 0 Å². The minimum Gasteiger partial charge on any atom is -0.357 e. The number of nitrogens with one attached hydrogen (secondary N) is 1. The molecule has 1 fully saturated rings. The van der Waals surface area contributed by atoms with Crippen molar-refractivity contribution in [2.75, 3.05) is 52.4 Å². The monoisotopic (exact) mass is 459 g/mol. The summed E-state index contributed by atoms with van der Waals surface area (Å²) >= 11 is 0. The fourth-order valence-corrected chi connectivity index (χ4v) is 5.72. The highest BCUT2D eigenvalue weighted by molar-refractivity contribution is 5.85. The third-order valence-corrected chi connectivity index (χ3v) is 7.71. The molecule has 182 valence electrons. The summed E-state index contributed by atoms with van der Waals surface area (Å²) in [6.45, 7) is 13.5. The summed E-state index contributed by atoms with van der Waals surface area (Å²) in [7, 11) is 0. The number of H-pyrrole nitrogens is 1. The summed E-state index contributed by atoms with van der Waals surface area (Å²) in [4.78, 5) is 11.7. The van der Waals surface area contributed by atoms with Crippen LogP contribution < -0.4 is 5.73 Å². The lowest BCUT2D eigenvalue weighted by atomic mass is 9.92. The number of aromatic nitrogens is 1. The first-order valence-electron chi connectivity index (χ1n) is 13.1. The molecule has 0 saturated carbocycles. The Kier molecular flexibility index (Phi) is 7.07. The van der Waals surface area contributed by atoms with Crippen molar-refractivity contribution in [3.8, 4) is 0 Å². The Hall–Kier alpha value is -2.18. The summed E-state index contributed by atoms with van der Waals surface area (Å²) in [5.41, 5.74) is 11.7. The lowest BCUT2D eigenvalue weighted by molar-refractivity contribution is 0.118. The number of nitrogens with two attached hydrogens (primary N) is 1.